The molecule has 25 heavy (non-hydrogen) atoms. The lowest BCUT2D eigenvalue weighted by atomic mass is 9.93. The third kappa shape index (κ3) is 4.91. The highest BCUT2D eigenvalue weighted by Gasteiger charge is 2.55. The number of alkyl halides is 3. The molecule has 1 heterocycles. The summed E-state index contributed by atoms with van der Waals surface area (Å²) in [7, 11) is 0. The van der Waals surface area contributed by atoms with Gasteiger partial charge in [0, 0.05) is 11.8 Å². The second-order valence-electron chi connectivity index (χ2n) is 5.07. The molecule has 1 unspecified atom stereocenters. The third-order valence-corrected chi connectivity index (χ3v) is 4.28. The summed E-state index contributed by atoms with van der Waals surface area (Å²) < 4.78 is 40.0. The monoisotopic (exact) mass is 395 g/mol. The van der Waals surface area contributed by atoms with Gasteiger partial charge in [0.2, 0.25) is 5.60 Å². The van der Waals surface area contributed by atoms with E-state index in [0.29, 0.717) is 18.0 Å². The van der Waals surface area contributed by atoms with E-state index in [-0.39, 0.29) is 23.7 Å². The molecule has 10 heteroatoms. The number of carbonyl (C=O) groups is 1. The summed E-state index contributed by atoms with van der Waals surface area (Å²) in [5, 5.41) is 14.3. The maximum Gasteiger partial charge on any atom is 0.423 e. The van der Waals surface area contributed by atoms with E-state index in [1.165, 1.54) is 34.9 Å². The summed E-state index contributed by atoms with van der Waals surface area (Å²) in [6, 6.07) is 6.61. The molecular weight excluding hydrogens is 379 g/mol. The molecule has 0 bridgehead atoms. The van der Waals surface area contributed by atoms with E-state index < -0.39 is 24.2 Å². The molecule has 1 aromatic carbocycles. The fourth-order valence-electron chi connectivity index (χ4n) is 2.03. The number of aromatic nitrogens is 1. The molecule has 1 aromatic heterocycles. The Morgan fingerprint density at radius 1 is 1.28 bits per heavy atom. The predicted molar refractivity (Wildman–Crippen MR) is 90.8 cm³/mol. The van der Waals surface area contributed by atoms with Crippen molar-refractivity contribution in [3.8, 4) is 0 Å². The lowest BCUT2D eigenvalue weighted by molar-refractivity contribution is -0.263. The topological polar surface area (TPSA) is 88.2 Å². The maximum absolute atomic E-state index is 13.3. The van der Waals surface area contributed by atoms with Crippen molar-refractivity contribution in [1.29, 1.82) is 0 Å². The lowest BCUT2D eigenvalue weighted by Gasteiger charge is -2.31. The van der Waals surface area contributed by atoms with E-state index >= 15 is 0 Å². The van der Waals surface area contributed by atoms with Crippen molar-refractivity contribution >= 4 is 29.7 Å². The second kappa shape index (κ2) is 8.61. The molecule has 1 amide bonds. The van der Waals surface area contributed by atoms with E-state index in [4.69, 9.17) is 5.73 Å². The first-order valence-corrected chi connectivity index (χ1v) is 7.93. The van der Waals surface area contributed by atoms with Crippen molar-refractivity contribution in [1.82, 2.24) is 10.3 Å². The summed E-state index contributed by atoms with van der Waals surface area (Å²) in [5.41, 5.74) is 1.86. The summed E-state index contributed by atoms with van der Waals surface area (Å²) in [6.07, 6.45) is -4.47. The van der Waals surface area contributed by atoms with Gasteiger partial charge in [0.15, 0.2) is 0 Å². The smallest absolute Gasteiger partial charge is 0.375 e. The number of hydrogen-bond donors (Lipinski definition) is 3. The molecule has 2 aromatic rings. The molecule has 0 aliphatic carbocycles. The Balaban J connectivity index is 0.00000312. The zero-order chi connectivity index (χ0) is 17.8. The Hall–Kier alpha value is -1.68. The van der Waals surface area contributed by atoms with Crippen LogP contribution < -0.4 is 11.1 Å². The number of rotatable bonds is 6. The van der Waals surface area contributed by atoms with Gasteiger partial charge in [-0.2, -0.15) is 13.2 Å². The fraction of sp³-hybridized carbons (Fsp3) is 0.333. The van der Waals surface area contributed by atoms with Gasteiger partial charge in [0.25, 0.3) is 5.91 Å². The molecule has 0 saturated carbocycles. The Kier molecular flexibility index (Phi) is 7.36. The van der Waals surface area contributed by atoms with Crippen LogP contribution in [-0.4, -0.2) is 35.3 Å². The van der Waals surface area contributed by atoms with Crippen molar-refractivity contribution < 1.29 is 23.1 Å². The van der Waals surface area contributed by atoms with Gasteiger partial charge in [-0.25, -0.2) is 4.98 Å². The molecule has 1 atom stereocenters. The Morgan fingerprint density at radius 2 is 1.92 bits per heavy atom. The van der Waals surface area contributed by atoms with Crippen molar-refractivity contribution in [2.75, 3.05) is 13.1 Å². The van der Waals surface area contributed by atoms with Crippen LogP contribution in [0.15, 0.2) is 35.7 Å². The fourth-order valence-corrected chi connectivity index (χ4v) is 2.83. The highest BCUT2D eigenvalue weighted by Crippen LogP contribution is 2.38. The number of hydrogen-bond acceptors (Lipinski definition) is 5. The van der Waals surface area contributed by atoms with Gasteiger partial charge in [0.05, 0.1) is 11.6 Å². The minimum absolute atomic E-state index is 0. The average Bonchev–Trinajstić information content (AvgIpc) is 3.01. The van der Waals surface area contributed by atoms with Gasteiger partial charge >= 0.3 is 6.18 Å². The summed E-state index contributed by atoms with van der Waals surface area (Å²) in [6.45, 7) is -0.653. The molecule has 0 fully saturated rings. The van der Waals surface area contributed by atoms with Crippen LogP contribution in [0.4, 0.5) is 13.2 Å². The van der Waals surface area contributed by atoms with Crippen LogP contribution >= 0.6 is 23.7 Å². The maximum atomic E-state index is 13.3. The van der Waals surface area contributed by atoms with Gasteiger partial charge in [-0.05, 0) is 12.1 Å². The standard InChI is InChI=1S/C15H16F3N3O2S.ClH/c16-15(17,18)14(23,10-4-2-1-3-5-10)9-20-13(22)11-8-24-12(21-11)6-7-19;/h1-5,8,23H,6-7,9,19H2,(H,20,22);1H. The lowest BCUT2D eigenvalue weighted by Crippen LogP contribution is -2.51. The Bertz CT molecular complexity index is 697. The number of aliphatic hydroxyl groups is 1. The van der Waals surface area contributed by atoms with E-state index in [2.05, 4.69) is 10.3 Å². The number of halogens is 4. The first-order valence-electron chi connectivity index (χ1n) is 7.05. The van der Waals surface area contributed by atoms with Crippen LogP contribution in [0.5, 0.6) is 0 Å². The van der Waals surface area contributed by atoms with Gasteiger partial charge in [-0.15, -0.1) is 23.7 Å². The molecule has 0 radical (unpaired) electrons. The summed E-state index contributed by atoms with van der Waals surface area (Å²) >= 11 is 1.20. The molecule has 138 valence electrons. The molecule has 0 saturated heterocycles. The number of nitrogens with one attached hydrogen (secondary N) is 1. The SMILES string of the molecule is Cl.NCCc1nc(C(=O)NCC(O)(c2ccccc2)C(F)(F)F)cs1. The second-order valence-corrected chi connectivity index (χ2v) is 6.01. The van der Waals surface area contributed by atoms with Crippen molar-refractivity contribution in [2.24, 2.45) is 5.73 Å². The molecular formula is C15H17ClF3N3O2S. The van der Waals surface area contributed by atoms with Gasteiger partial charge in [0.1, 0.15) is 5.69 Å². The van der Waals surface area contributed by atoms with E-state index in [1.54, 1.807) is 0 Å². The quantitative estimate of drug-likeness (QED) is 0.700. The van der Waals surface area contributed by atoms with E-state index in [0.717, 1.165) is 12.1 Å². The molecule has 0 aliphatic rings. The van der Waals surface area contributed by atoms with Crippen LogP contribution in [0.3, 0.4) is 0 Å². The third-order valence-electron chi connectivity index (χ3n) is 3.37. The van der Waals surface area contributed by atoms with Gasteiger partial charge in [-0.1, -0.05) is 30.3 Å². The molecule has 5 nitrogen and oxygen atoms in total. The minimum Gasteiger partial charge on any atom is -0.375 e. The first kappa shape index (κ1) is 21.4. The van der Waals surface area contributed by atoms with Crippen LogP contribution in [-0.2, 0) is 12.0 Å². The highest BCUT2D eigenvalue weighted by atomic mass is 35.5. The largest absolute Gasteiger partial charge is 0.423 e. The van der Waals surface area contributed by atoms with E-state index in [9.17, 15) is 23.1 Å². The number of benzene rings is 1. The zero-order valence-electron chi connectivity index (χ0n) is 12.9. The van der Waals surface area contributed by atoms with Crippen LogP contribution in [0.2, 0.25) is 0 Å². The zero-order valence-corrected chi connectivity index (χ0v) is 14.5. The highest BCUT2D eigenvalue weighted by molar-refractivity contribution is 7.09. The number of thiazole rings is 1. The van der Waals surface area contributed by atoms with Crippen molar-refractivity contribution in [3.05, 3.63) is 52.0 Å². The molecule has 0 aliphatic heterocycles. The number of nitrogens with zero attached hydrogens (tertiary/aromatic N) is 1. The van der Waals surface area contributed by atoms with E-state index in [1.807, 2.05) is 0 Å². The van der Waals surface area contributed by atoms with Crippen LogP contribution in [0.1, 0.15) is 21.1 Å². The minimum atomic E-state index is -4.95. The number of nitrogens with two attached hydrogens (primary N) is 1. The van der Waals surface area contributed by atoms with Crippen LogP contribution in [0, 0.1) is 0 Å². The Labute approximate surface area is 152 Å². The molecule has 4 N–H and O–H groups in total. The number of amides is 1. The molecule has 2 rings (SSSR count). The van der Waals surface area contributed by atoms with Crippen molar-refractivity contribution in [2.45, 2.75) is 18.2 Å². The average molecular weight is 396 g/mol. The van der Waals surface area contributed by atoms with Gasteiger partial charge in [-0.3, -0.25) is 4.79 Å². The summed E-state index contributed by atoms with van der Waals surface area (Å²) in [4.78, 5) is 16.0. The first-order chi connectivity index (χ1) is 11.3. The Morgan fingerprint density at radius 3 is 2.48 bits per heavy atom. The van der Waals surface area contributed by atoms with Gasteiger partial charge < -0.3 is 16.2 Å². The molecule has 0 spiro atoms. The van der Waals surface area contributed by atoms with Crippen molar-refractivity contribution in [3.63, 3.8) is 0 Å². The normalized spacial score (nSPS) is 13.6. The predicted octanol–water partition coefficient (Wildman–Crippen LogP) is 2.25. The number of carbonyl (C=O) groups excluding carboxylic acids is 1. The van der Waals surface area contributed by atoms with Crippen LogP contribution in [0.25, 0.3) is 0 Å². The summed E-state index contributed by atoms with van der Waals surface area (Å²) in [5.74, 6) is -0.784.